The van der Waals surface area contributed by atoms with Gasteiger partial charge in [0.05, 0.1) is 75.4 Å². The molecule has 4 saturated carbocycles. The molecule has 0 unspecified atom stereocenters. The number of aliphatic hydroxyl groups excluding tert-OH is 10. The van der Waals surface area contributed by atoms with Crippen molar-refractivity contribution >= 4 is 24.2 Å². The predicted octanol–water partition coefficient (Wildman–Crippen LogP) is -1.05. The number of rotatable bonds is 28. The number of carbonyl (C=O) groups is 2. The van der Waals surface area contributed by atoms with Crippen LogP contribution in [0.5, 0.6) is 0 Å². The molecule has 4 aliphatic carbocycles. The monoisotopic (exact) mass is 1440 g/mol. The highest BCUT2D eigenvalue weighted by Crippen LogP contribution is 2.40. The Bertz CT molecular complexity index is 2660. The summed E-state index contributed by atoms with van der Waals surface area (Å²) in [7, 11) is 0. The summed E-state index contributed by atoms with van der Waals surface area (Å²) in [6.07, 6.45) is -9.81. The van der Waals surface area contributed by atoms with Crippen LogP contribution in [0.2, 0.25) is 0 Å². The van der Waals surface area contributed by atoms with E-state index in [0.29, 0.717) is 61.7 Å². The SMILES string of the molecule is C[C@@H]1O[C@@H](O[C@@H]2[C@@H](C)CCC[C@H]2O[C@@H]2O[C@H](CO)[C@H](O)[C@H](OCCC3CCCCC3)[C@H]2OC(=O)Cn2cc(COCc3cn(CC(=O)O[C@H]4[C@H](O[C@@H]5CCC[C@H](C)[C@H]5O[C@@H]5O[C@@H](C)[C@@H](O)[C@@H](O)[C@@H]5O)O[C@H](CO)[C@H](O)[C@@H]4OCCC4CCCCC4)nn3)nn2)[C@@H](O)[C@H](O)[C@@H]1O.O=C=O.O=C=O. The highest BCUT2D eigenvalue weighted by Gasteiger charge is 2.54. The first-order chi connectivity index (χ1) is 48.6. The van der Waals surface area contributed by atoms with Gasteiger partial charge < -0.3 is 113 Å². The van der Waals surface area contributed by atoms with Gasteiger partial charge in [-0.2, -0.15) is 19.2 Å². The second kappa shape index (κ2) is 40.6. The number of carbonyl (C=O) groups excluding carboxylic acids is 6. The second-order valence-corrected chi connectivity index (χ2v) is 27.8. The fourth-order valence-corrected chi connectivity index (χ4v) is 14.8. The summed E-state index contributed by atoms with van der Waals surface area (Å²) >= 11 is 0. The fraction of sp³-hybridized carbons (Fsp3) is 0.879. The minimum atomic E-state index is -1.57. The van der Waals surface area contributed by atoms with Crippen molar-refractivity contribution in [2.24, 2.45) is 23.7 Å². The molecule has 35 heteroatoms. The summed E-state index contributed by atoms with van der Waals surface area (Å²) in [5.41, 5.74) is 0.645. The molecule has 8 fully saturated rings. The van der Waals surface area contributed by atoms with E-state index in [0.717, 1.165) is 64.2 Å². The van der Waals surface area contributed by atoms with E-state index in [2.05, 4.69) is 20.6 Å². The fourth-order valence-electron chi connectivity index (χ4n) is 14.8. The molecule has 0 radical (unpaired) electrons. The van der Waals surface area contributed by atoms with Gasteiger partial charge in [-0.25, -0.2) is 9.36 Å². The Morgan fingerprint density at radius 2 is 0.832 bits per heavy atom. The number of ether oxygens (including phenoxy) is 13. The van der Waals surface area contributed by atoms with Crippen molar-refractivity contribution in [3.63, 3.8) is 0 Å². The lowest BCUT2D eigenvalue weighted by molar-refractivity contribution is -0.347. The molecule has 0 amide bonds. The van der Waals surface area contributed by atoms with Crippen molar-refractivity contribution < 1.29 is 141 Å². The molecule has 0 aromatic carbocycles. The average Bonchev–Trinajstić information content (AvgIpc) is 1.13. The zero-order chi connectivity index (χ0) is 72.9. The van der Waals surface area contributed by atoms with Crippen molar-refractivity contribution in [2.45, 2.75) is 317 Å². The first-order valence-electron chi connectivity index (χ1n) is 35.5. The third kappa shape index (κ3) is 22.6. The highest BCUT2D eigenvalue weighted by molar-refractivity contribution is 5.69. The third-order valence-corrected chi connectivity index (χ3v) is 20.5. The molecule has 8 aliphatic rings. The Kier molecular flexibility index (Phi) is 32.9. The maximum atomic E-state index is 14.0. The van der Waals surface area contributed by atoms with E-state index < -0.39 is 185 Å². The van der Waals surface area contributed by atoms with Crippen LogP contribution in [0.4, 0.5) is 0 Å². The molecule has 35 nitrogen and oxygen atoms in total. The highest BCUT2D eigenvalue weighted by atomic mass is 16.8. The molecular formula is C66H104N6O29. The van der Waals surface area contributed by atoms with E-state index in [1.54, 1.807) is 13.8 Å². The second-order valence-electron chi connectivity index (χ2n) is 27.8. The van der Waals surface area contributed by atoms with Gasteiger partial charge in [-0.3, -0.25) is 9.59 Å². The van der Waals surface area contributed by atoms with Crippen molar-refractivity contribution in [3.05, 3.63) is 23.8 Å². The van der Waals surface area contributed by atoms with Crippen LogP contribution in [0.15, 0.2) is 12.4 Å². The van der Waals surface area contributed by atoms with E-state index >= 15 is 0 Å². The molecule has 101 heavy (non-hydrogen) atoms. The Balaban J connectivity index is 0.00000208. The predicted molar refractivity (Wildman–Crippen MR) is 334 cm³/mol. The zero-order valence-electron chi connectivity index (χ0n) is 57.6. The van der Waals surface area contributed by atoms with Crippen molar-refractivity contribution in [2.75, 3.05) is 26.4 Å². The van der Waals surface area contributed by atoms with E-state index in [1.807, 2.05) is 13.8 Å². The van der Waals surface area contributed by atoms with Gasteiger partial charge in [0.15, 0.2) is 37.4 Å². The van der Waals surface area contributed by atoms with Crippen molar-refractivity contribution in [1.82, 2.24) is 30.0 Å². The van der Waals surface area contributed by atoms with E-state index in [1.165, 1.54) is 34.6 Å². The van der Waals surface area contributed by atoms with Gasteiger partial charge in [0.1, 0.15) is 97.7 Å². The molecule has 2 aromatic heterocycles. The Labute approximate surface area is 584 Å². The minimum Gasteiger partial charge on any atom is -0.453 e. The molecule has 2 aromatic rings. The average molecular weight is 1450 g/mol. The van der Waals surface area contributed by atoms with Crippen LogP contribution < -0.4 is 0 Å². The number of aromatic nitrogens is 6. The zero-order valence-corrected chi connectivity index (χ0v) is 57.6. The first kappa shape index (κ1) is 81.8. The molecule has 10 rings (SSSR count). The third-order valence-electron chi connectivity index (χ3n) is 20.5. The van der Waals surface area contributed by atoms with Gasteiger partial charge in [0, 0.05) is 13.2 Å². The topological polar surface area (TPSA) is 486 Å². The number of esters is 2. The van der Waals surface area contributed by atoms with Gasteiger partial charge in [0.2, 0.25) is 0 Å². The van der Waals surface area contributed by atoms with E-state index in [9.17, 15) is 60.7 Å². The maximum Gasteiger partial charge on any atom is 0.373 e. The van der Waals surface area contributed by atoms with Gasteiger partial charge >= 0.3 is 24.2 Å². The smallest absolute Gasteiger partial charge is 0.373 e. The number of nitrogens with zero attached hydrogens (tertiary/aromatic N) is 6. The first-order valence-corrected chi connectivity index (χ1v) is 35.5. The van der Waals surface area contributed by atoms with Gasteiger partial charge in [-0.15, -0.1) is 10.2 Å². The van der Waals surface area contributed by atoms with E-state index in [-0.39, 0.29) is 50.6 Å². The van der Waals surface area contributed by atoms with Crippen LogP contribution in [-0.4, -0.2) is 279 Å². The van der Waals surface area contributed by atoms with Gasteiger partial charge in [-0.1, -0.05) is 101 Å². The van der Waals surface area contributed by atoms with Crippen LogP contribution in [0.25, 0.3) is 0 Å². The number of hydrogen-bond acceptors (Lipinski definition) is 33. The summed E-state index contributed by atoms with van der Waals surface area (Å²) in [5.74, 6) is -1.10. The quantitative estimate of drug-likeness (QED) is 0.0454. The standard InChI is InChI=1S/C64H104N6O25.2CO2/c1-33-13-11-19-41(55(33)94-61-53(81)51(79)47(75)35(3)86-61)88-63-59(57(49(77)43(29-71)90-63)84-23-21-37-15-7-5-8-16-37)92-45(73)27-69-25-39(65-67-69)31-83-32-40-26-70(68-66-40)28-46(74)93-60-58(85-24-22-38-17-9-6-10-18-38)50(78)44(30-72)91-64(60)89-42-20-12-14-34(2)56(42)95-62-54(82)52(80)48(76)36(4)87-62;2*2-1-3/h25-26,33-38,41-44,47-64,71-72,75-82H,5-24,27-32H2,1-4H3;;/t33-,34-,35-,36-,41+,42+,43+,44+,47+,48+,49-,50-,51+,52+,53-,54-,55+,56+,57-,58-,59+,60+,61-,62-,63+,64+;;/m0../s1. The normalized spacial score (nSPS) is 38.0. The van der Waals surface area contributed by atoms with Crippen molar-refractivity contribution in [3.8, 4) is 0 Å². The van der Waals surface area contributed by atoms with Crippen LogP contribution in [0.1, 0.15) is 155 Å². The van der Waals surface area contributed by atoms with Crippen LogP contribution >= 0.6 is 0 Å². The number of hydrogen-bond donors (Lipinski definition) is 10. The minimum absolute atomic E-state index is 0.0983. The molecule has 10 N–H and O–H groups in total. The summed E-state index contributed by atoms with van der Waals surface area (Å²) in [6.45, 7) is 5.12. The van der Waals surface area contributed by atoms with Crippen LogP contribution in [-0.2, 0) is 117 Å². The maximum absolute atomic E-state index is 14.0. The molecule has 4 aliphatic heterocycles. The summed E-state index contributed by atoms with van der Waals surface area (Å²) < 4.78 is 83.5. The largest absolute Gasteiger partial charge is 0.453 e. The Morgan fingerprint density at radius 1 is 0.455 bits per heavy atom. The van der Waals surface area contributed by atoms with Crippen molar-refractivity contribution in [1.29, 1.82) is 0 Å². The Morgan fingerprint density at radius 3 is 1.20 bits per heavy atom. The molecule has 26 atom stereocenters. The Hall–Kier alpha value is -4.86. The molecule has 4 saturated heterocycles. The lowest BCUT2D eigenvalue weighted by atomic mass is 9.85. The lowest BCUT2D eigenvalue weighted by Gasteiger charge is -2.47. The van der Waals surface area contributed by atoms with Gasteiger partial charge in [-0.05, 0) is 76.0 Å². The van der Waals surface area contributed by atoms with Crippen LogP contribution in [0, 0.1) is 23.7 Å². The lowest BCUT2D eigenvalue weighted by Crippen LogP contribution is -2.63. The molecule has 6 heterocycles. The molecule has 0 bridgehead atoms. The summed E-state index contributed by atoms with van der Waals surface area (Å²) in [6, 6.07) is 0. The number of aliphatic hydroxyl groups is 10. The molecule has 0 spiro atoms. The van der Waals surface area contributed by atoms with E-state index in [4.69, 9.17) is 80.8 Å². The molecule has 572 valence electrons. The van der Waals surface area contributed by atoms with Crippen LogP contribution in [0.3, 0.4) is 0 Å². The summed E-state index contributed by atoms with van der Waals surface area (Å²) in [4.78, 5) is 60.6. The van der Waals surface area contributed by atoms with Gasteiger partial charge in [0.25, 0.3) is 0 Å². The summed E-state index contributed by atoms with van der Waals surface area (Å²) in [5, 5.41) is 125. The molecular weight excluding hydrogens is 1340 g/mol.